The van der Waals surface area contributed by atoms with Gasteiger partial charge in [0.2, 0.25) is 0 Å². The van der Waals surface area contributed by atoms with Crippen LogP contribution in [-0.4, -0.2) is 19.9 Å². The first-order chi connectivity index (χ1) is 14.1. The zero-order valence-corrected chi connectivity index (χ0v) is 18.2. The number of benzene rings is 1. The number of aromatic amines is 1. The van der Waals surface area contributed by atoms with E-state index >= 15 is 0 Å². The first kappa shape index (κ1) is 18.5. The lowest BCUT2D eigenvalue weighted by Crippen LogP contribution is -2.10. The highest BCUT2D eigenvalue weighted by molar-refractivity contribution is 7.98. The number of hydrogen-bond donors (Lipinski definition) is 1. The number of nitrogens with zero attached hydrogens (tertiary/aromatic N) is 3. The summed E-state index contributed by atoms with van der Waals surface area (Å²) in [4.78, 5) is 32.4. The third-order valence-corrected chi connectivity index (χ3v) is 7.84. The molecule has 0 aliphatic rings. The lowest BCUT2D eigenvalue weighted by molar-refractivity contribution is 1.04. The van der Waals surface area contributed by atoms with Crippen LogP contribution in [0.25, 0.3) is 31.6 Å². The maximum absolute atomic E-state index is 12.8. The molecule has 5 aromatic rings. The van der Waals surface area contributed by atoms with Crippen LogP contribution >= 0.6 is 34.4 Å². The number of H-pyrrole nitrogens is 1. The van der Waals surface area contributed by atoms with E-state index in [1.807, 2.05) is 35.7 Å². The molecule has 0 amide bonds. The Morgan fingerprint density at radius 1 is 1.07 bits per heavy atom. The second-order valence-corrected chi connectivity index (χ2v) is 9.66. The number of aromatic nitrogens is 4. The summed E-state index contributed by atoms with van der Waals surface area (Å²) in [6.45, 7) is 4.20. The smallest absolute Gasteiger partial charge is 0.260 e. The lowest BCUT2D eigenvalue weighted by atomic mass is 10.1. The van der Waals surface area contributed by atoms with Crippen LogP contribution in [0.2, 0.25) is 0 Å². The van der Waals surface area contributed by atoms with Gasteiger partial charge >= 0.3 is 0 Å². The van der Waals surface area contributed by atoms with Gasteiger partial charge < -0.3 is 4.98 Å². The molecule has 1 N–H and O–H groups in total. The van der Waals surface area contributed by atoms with Crippen molar-refractivity contribution < 1.29 is 0 Å². The molecular weight excluding hydrogens is 420 g/mol. The van der Waals surface area contributed by atoms with E-state index < -0.39 is 0 Å². The van der Waals surface area contributed by atoms with Crippen LogP contribution in [0.15, 0.2) is 51.9 Å². The van der Waals surface area contributed by atoms with Gasteiger partial charge in [-0.2, -0.15) is 0 Å². The monoisotopic (exact) mass is 436 g/mol. The predicted molar refractivity (Wildman–Crippen MR) is 122 cm³/mol. The molecule has 0 saturated carbocycles. The average molecular weight is 437 g/mol. The molecule has 0 aliphatic carbocycles. The van der Waals surface area contributed by atoms with Gasteiger partial charge in [0.25, 0.3) is 5.56 Å². The number of aryl methyl sites for hydroxylation is 2. The highest BCUT2D eigenvalue weighted by Gasteiger charge is 2.15. The zero-order valence-electron chi connectivity index (χ0n) is 15.7. The summed E-state index contributed by atoms with van der Waals surface area (Å²) in [6, 6.07) is 9.94. The van der Waals surface area contributed by atoms with E-state index in [2.05, 4.69) is 28.8 Å². The van der Waals surface area contributed by atoms with Gasteiger partial charge in [-0.05, 0) is 25.0 Å². The molecule has 4 aromatic heterocycles. The number of rotatable bonds is 4. The van der Waals surface area contributed by atoms with Gasteiger partial charge in [-0.1, -0.05) is 42.1 Å². The Kier molecular flexibility index (Phi) is 4.69. The highest BCUT2D eigenvalue weighted by atomic mass is 32.2. The molecule has 0 spiro atoms. The van der Waals surface area contributed by atoms with Gasteiger partial charge in [-0.25, -0.2) is 15.0 Å². The molecule has 0 aliphatic heterocycles. The van der Waals surface area contributed by atoms with E-state index in [1.54, 1.807) is 29.4 Å². The molecule has 0 unspecified atom stereocenters. The van der Waals surface area contributed by atoms with Crippen molar-refractivity contribution in [2.75, 3.05) is 0 Å². The molecule has 29 heavy (non-hydrogen) atoms. The van der Waals surface area contributed by atoms with Crippen molar-refractivity contribution in [3.63, 3.8) is 0 Å². The highest BCUT2D eigenvalue weighted by Crippen LogP contribution is 2.35. The van der Waals surface area contributed by atoms with Crippen LogP contribution in [-0.2, 0) is 5.75 Å². The standard InChI is InChI=1S/C21H16N4OS3/c1-11-12(2)29-20-16(11)19(22-10-23-20)28-9-15-24-18(26)17-14(8-27-21(17)25-15)13-6-4-3-5-7-13/h3-8,10H,9H2,1-2H3,(H,24,25,26). The summed E-state index contributed by atoms with van der Waals surface area (Å²) in [5.74, 6) is 1.20. The van der Waals surface area contributed by atoms with E-state index in [0.29, 0.717) is 17.0 Å². The van der Waals surface area contributed by atoms with Crippen molar-refractivity contribution in [2.45, 2.75) is 24.6 Å². The van der Waals surface area contributed by atoms with Crippen LogP contribution in [0, 0.1) is 13.8 Å². The predicted octanol–water partition coefficient (Wildman–Crippen LogP) is 5.57. The summed E-state index contributed by atoms with van der Waals surface area (Å²) in [5.41, 5.74) is 3.08. The van der Waals surface area contributed by atoms with E-state index in [4.69, 9.17) is 4.98 Å². The molecule has 0 atom stereocenters. The third kappa shape index (κ3) is 3.27. The first-order valence-corrected chi connectivity index (χ1v) is 11.7. The Morgan fingerprint density at radius 2 is 1.90 bits per heavy atom. The fourth-order valence-electron chi connectivity index (χ4n) is 3.29. The topological polar surface area (TPSA) is 71.5 Å². The minimum atomic E-state index is -0.0962. The summed E-state index contributed by atoms with van der Waals surface area (Å²) >= 11 is 4.76. The van der Waals surface area contributed by atoms with Crippen molar-refractivity contribution in [2.24, 2.45) is 0 Å². The quantitative estimate of drug-likeness (QED) is 0.295. The van der Waals surface area contributed by atoms with E-state index in [9.17, 15) is 4.79 Å². The molecule has 0 bridgehead atoms. The molecule has 8 heteroatoms. The molecule has 1 aromatic carbocycles. The SMILES string of the molecule is Cc1sc2ncnc(SCc3nc4scc(-c5ccccc5)c4c(=O)[nH]3)c2c1C. The molecule has 4 heterocycles. The second kappa shape index (κ2) is 7.37. The molecule has 5 rings (SSSR count). The first-order valence-electron chi connectivity index (χ1n) is 9.01. The Morgan fingerprint density at radius 3 is 2.72 bits per heavy atom. The molecular formula is C21H16N4OS3. The van der Waals surface area contributed by atoms with E-state index in [0.717, 1.165) is 31.2 Å². The van der Waals surface area contributed by atoms with Gasteiger partial charge in [0.1, 0.15) is 26.8 Å². The van der Waals surface area contributed by atoms with Gasteiger partial charge in [0, 0.05) is 21.2 Å². The van der Waals surface area contributed by atoms with Gasteiger partial charge in [-0.15, -0.1) is 22.7 Å². The summed E-state index contributed by atoms with van der Waals surface area (Å²) in [6.07, 6.45) is 1.60. The fourth-order valence-corrected chi connectivity index (χ4v) is 6.24. The van der Waals surface area contributed by atoms with Crippen molar-refractivity contribution in [3.8, 4) is 11.1 Å². The lowest BCUT2D eigenvalue weighted by Gasteiger charge is -2.04. The van der Waals surface area contributed by atoms with Crippen LogP contribution in [0.4, 0.5) is 0 Å². The largest absolute Gasteiger partial charge is 0.309 e. The van der Waals surface area contributed by atoms with E-state index in [-0.39, 0.29) is 5.56 Å². The van der Waals surface area contributed by atoms with Crippen LogP contribution < -0.4 is 5.56 Å². The zero-order chi connectivity index (χ0) is 20.0. The van der Waals surface area contributed by atoms with Gasteiger partial charge in [0.15, 0.2) is 0 Å². The number of thioether (sulfide) groups is 1. The number of thiophene rings is 2. The van der Waals surface area contributed by atoms with Crippen molar-refractivity contribution >= 4 is 54.9 Å². The van der Waals surface area contributed by atoms with Crippen molar-refractivity contribution in [3.05, 3.63) is 68.7 Å². The van der Waals surface area contributed by atoms with Gasteiger partial charge in [0.05, 0.1) is 11.1 Å². The second-order valence-electron chi connectivity index (χ2n) is 6.64. The van der Waals surface area contributed by atoms with E-state index in [1.165, 1.54) is 21.8 Å². The Labute approximate surface area is 178 Å². The molecule has 5 nitrogen and oxygen atoms in total. The van der Waals surface area contributed by atoms with Gasteiger partial charge in [-0.3, -0.25) is 4.79 Å². The average Bonchev–Trinajstić information content (AvgIpc) is 3.29. The number of hydrogen-bond acceptors (Lipinski definition) is 7. The number of nitrogens with one attached hydrogen (secondary N) is 1. The van der Waals surface area contributed by atoms with Crippen molar-refractivity contribution in [1.29, 1.82) is 0 Å². The molecule has 0 radical (unpaired) electrons. The minimum Gasteiger partial charge on any atom is -0.309 e. The summed E-state index contributed by atoms with van der Waals surface area (Å²) in [5, 5.41) is 4.69. The Balaban J connectivity index is 1.49. The molecule has 144 valence electrons. The Bertz CT molecular complexity index is 1400. The fraction of sp³-hybridized carbons (Fsp3) is 0.143. The minimum absolute atomic E-state index is 0.0962. The Hall–Kier alpha value is -2.55. The maximum atomic E-state index is 12.8. The molecule has 0 saturated heterocycles. The molecule has 0 fully saturated rings. The number of fused-ring (bicyclic) bond motifs is 2. The third-order valence-electron chi connectivity index (χ3n) is 4.85. The summed E-state index contributed by atoms with van der Waals surface area (Å²) < 4.78 is 0. The van der Waals surface area contributed by atoms with Crippen LogP contribution in [0.3, 0.4) is 0 Å². The van der Waals surface area contributed by atoms with Crippen LogP contribution in [0.1, 0.15) is 16.3 Å². The summed E-state index contributed by atoms with van der Waals surface area (Å²) in [7, 11) is 0. The maximum Gasteiger partial charge on any atom is 0.260 e. The normalized spacial score (nSPS) is 11.5. The van der Waals surface area contributed by atoms with Crippen molar-refractivity contribution in [1.82, 2.24) is 19.9 Å². The van der Waals surface area contributed by atoms with Crippen LogP contribution in [0.5, 0.6) is 0 Å².